The number of rotatable bonds is 7. The van der Waals surface area contributed by atoms with Crippen LogP contribution in [0.2, 0.25) is 0 Å². The van der Waals surface area contributed by atoms with Gasteiger partial charge in [-0.25, -0.2) is 0 Å². The molecule has 0 saturated heterocycles. The number of ether oxygens (including phenoxy) is 2. The Bertz CT molecular complexity index is 1270. The highest BCUT2D eigenvalue weighted by Crippen LogP contribution is 2.33. The van der Waals surface area contributed by atoms with Crippen molar-refractivity contribution in [3.05, 3.63) is 53.9 Å². The lowest BCUT2D eigenvalue weighted by Gasteiger charge is -2.19. The summed E-state index contributed by atoms with van der Waals surface area (Å²) in [6.45, 7) is 8.36. The van der Waals surface area contributed by atoms with Crippen molar-refractivity contribution < 1.29 is 14.3 Å². The molecule has 0 atom stereocenters. The maximum atomic E-state index is 12.6. The molecule has 0 radical (unpaired) electrons. The number of fused-ring (bicyclic) bond motifs is 1. The van der Waals surface area contributed by atoms with Crippen molar-refractivity contribution in [1.29, 1.82) is 0 Å². The van der Waals surface area contributed by atoms with Gasteiger partial charge in [0.25, 0.3) is 5.91 Å². The average Bonchev–Trinajstić information content (AvgIpc) is 3.38. The minimum atomic E-state index is -0.281. The SMILES string of the molecule is CCc1nnc2sc(-c3ccc(OC)c(NC(=O)COc4ccc(C(C)(C)C)cc4)c3)nn12. The van der Waals surface area contributed by atoms with Crippen molar-refractivity contribution in [1.82, 2.24) is 19.8 Å². The Labute approximate surface area is 196 Å². The molecule has 4 aromatic rings. The largest absolute Gasteiger partial charge is 0.495 e. The van der Waals surface area contributed by atoms with Gasteiger partial charge in [0.1, 0.15) is 16.5 Å². The van der Waals surface area contributed by atoms with Crippen molar-refractivity contribution >= 4 is 27.9 Å². The van der Waals surface area contributed by atoms with Gasteiger partial charge in [0.15, 0.2) is 12.4 Å². The molecule has 172 valence electrons. The third-order valence-electron chi connectivity index (χ3n) is 5.18. The summed E-state index contributed by atoms with van der Waals surface area (Å²) in [6, 6.07) is 13.3. The maximum absolute atomic E-state index is 12.6. The number of hydrogen-bond donors (Lipinski definition) is 1. The number of benzene rings is 2. The summed E-state index contributed by atoms with van der Waals surface area (Å²) >= 11 is 1.44. The first-order valence-electron chi connectivity index (χ1n) is 10.7. The summed E-state index contributed by atoms with van der Waals surface area (Å²) in [5.74, 6) is 1.73. The second kappa shape index (κ2) is 9.19. The van der Waals surface area contributed by atoms with E-state index in [4.69, 9.17) is 9.47 Å². The third kappa shape index (κ3) is 4.98. The highest BCUT2D eigenvalue weighted by Gasteiger charge is 2.16. The molecule has 0 aliphatic rings. The number of aromatic nitrogens is 4. The molecule has 1 amide bonds. The molecule has 1 N–H and O–H groups in total. The van der Waals surface area contributed by atoms with Gasteiger partial charge >= 0.3 is 0 Å². The molecule has 2 aromatic carbocycles. The molecular weight excluding hydrogens is 438 g/mol. The lowest BCUT2D eigenvalue weighted by Crippen LogP contribution is -2.20. The van der Waals surface area contributed by atoms with E-state index in [0.29, 0.717) is 17.2 Å². The first-order valence-corrected chi connectivity index (χ1v) is 11.5. The smallest absolute Gasteiger partial charge is 0.262 e. The lowest BCUT2D eigenvalue weighted by atomic mass is 9.87. The van der Waals surface area contributed by atoms with Gasteiger partial charge in [-0.3, -0.25) is 4.79 Å². The molecular formula is C24H27N5O3S. The Morgan fingerprint density at radius 2 is 1.88 bits per heavy atom. The summed E-state index contributed by atoms with van der Waals surface area (Å²) in [5, 5.41) is 16.6. The Morgan fingerprint density at radius 1 is 1.12 bits per heavy atom. The number of nitrogens with one attached hydrogen (secondary N) is 1. The number of aryl methyl sites for hydroxylation is 1. The molecule has 9 heteroatoms. The van der Waals surface area contributed by atoms with Crippen LogP contribution in [-0.2, 0) is 16.6 Å². The highest BCUT2D eigenvalue weighted by molar-refractivity contribution is 7.19. The third-order valence-corrected chi connectivity index (χ3v) is 6.13. The molecule has 0 saturated carbocycles. The monoisotopic (exact) mass is 465 g/mol. The molecule has 0 aliphatic carbocycles. The van der Waals surface area contributed by atoms with Crippen LogP contribution in [0, 0.1) is 0 Å². The molecule has 0 unspecified atom stereocenters. The molecule has 0 fully saturated rings. The highest BCUT2D eigenvalue weighted by atomic mass is 32.1. The van der Waals surface area contributed by atoms with Crippen molar-refractivity contribution in [2.75, 3.05) is 19.0 Å². The van der Waals surface area contributed by atoms with Crippen LogP contribution in [0.4, 0.5) is 5.69 Å². The molecule has 4 rings (SSSR count). The number of carbonyl (C=O) groups excluding carboxylic acids is 1. The van der Waals surface area contributed by atoms with Gasteiger partial charge < -0.3 is 14.8 Å². The fraction of sp³-hybridized carbons (Fsp3) is 0.333. The van der Waals surface area contributed by atoms with E-state index in [9.17, 15) is 4.79 Å². The summed E-state index contributed by atoms with van der Waals surface area (Å²) in [7, 11) is 1.56. The van der Waals surface area contributed by atoms with Gasteiger partial charge in [-0.15, -0.1) is 10.2 Å². The zero-order valence-electron chi connectivity index (χ0n) is 19.4. The van der Waals surface area contributed by atoms with E-state index in [-0.39, 0.29) is 17.9 Å². The molecule has 8 nitrogen and oxygen atoms in total. The molecule has 33 heavy (non-hydrogen) atoms. The van der Waals surface area contributed by atoms with Crippen LogP contribution in [0.5, 0.6) is 11.5 Å². The summed E-state index contributed by atoms with van der Waals surface area (Å²) < 4.78 is 12.8. The van der Waals surface area contributed by atoms with E-state index < -0.39 is 0 Å². The van der Waals surface area contributed by atoms with Crippen molar-refractivity contribution in [2.24, 2.45) is 0 Å². The zero-order chi connectivity index (χ0) is 23.6. The van der Waals surface area contributed by atoms with Crippen LogP contribution in [0.15, 0.2) is 42.5 Å². The molecule has 2 aromatic heterocycles. The second-order valence-corrected chi connectivity index (χ2v) is 9.55. The number of hydrogen-bond acceptors (Lipinski definition) is 7. The number of amides is 1. The van der Waals surface area contributed by atoms with Gasteiger partial charge in [0.2, 0.25) is 4.96 Å². The van der Waals surface area contributed by atoms with E-state index >= 15 is 0 Å². The summed E-state index contributed by atoms with van der Waals surface area (Å²) in [6.07, 6.45) is 0.743. The Hall–Kier alpha value is -3.46. The van der Waals surface area contributed by atoms with Crippen LogP contribution >= 0.6 is 11.3 Å². The van der Waals surface area contributed by atoms with Crippen LogP contribution < -0.4 is 14.8 Å². The van der Waals surface area contributed by atoms with E-state index in [1.54, 1.807) is 17.7 Å². The minimum absolute atomic E-state index is 0.0621. The Balaban J connectivity index is 1.47. The number of methoxy groups -OCH3 is 1. The number of anilines is 1. The topological polar surface area (TPSA) is 90.6 Å². The second-order valence-electron chi connectivity index (χ2n) is 8.60. The fourth-order valence-electron chi connectivity index (χ4n) is 3.32. The van der Waals surface area contributed by atoms with Crippen molar-refractivity contribution in [3.8, 4) is 22.1 Å². The van der Waals surface area contributed by atoms with Crippen molar-refractivity contribution in [3.63, 3.8) is 0 Å². The normalized spacial score (nSPS) is 11.5. The fourth-order valence-corrected chi connectivity index (χ4v) is 4.17. The molecule has 0 aliphatic heterocycles. The van der Waals surface area contributed by atoms with E-state index in [0.717, 1.165) is 27.8 Å². The summed E-state index contributed by atoms with van der Waals surface area (Å²) in [4.78, 5) is 13.3. The first-order chi connectivity index (χ1) is 15.8. The van der Waals surface area contributed by atoms with Gasteiger partial charge in [-0.1, -0.05) is 51.2 Å². The van der Waals surface area contributed by atoms with Crippen LogP contribution in [0.1, 0.15) is 39.1 Å². The van der Waals surface area contributed by atoms with Gasteiger partial charge in [0, 0.05) is 12.0 Å². The molecule has 2 heterocycles. The van der Waals surface area contributed by atoms with Crippen LogP contribution in [0.25, 0.3) is 15.5 Å². The minimum Gasteiger partial charge on any atom is -0.495 e. The number of carbonyl (C=O) groups is 1. The van der Waals surface area contributed by atoms with Crippen molar-refractivity contribution in [2.45, 2.75) is 39.5 Å². The molecule has 0 bridgehead atoms. The Morgan fingerprint density at radius 3 is 2.55 bits per heavy atom. The maximum Gasteiger partial charge on any atom is 0.262 e. The van der Waals surface area contributed by atoms with Gasteiger partial charge in [0.05, 0.1) is 12.8 Å². The average molecular weight is 466 g/mol. The van der Waals surface area contributed by atoms with Crippen LogP contribution in [-0.4, -0.2) is 39.4 Å². The van der Waals surface area contributed by atoms with Gasteiger partial charge in [-0.05, 0) is 41.3 Å². The van der Waals surface area contributed by atoms with Crippen LogP contribution in [0.3, 0.4) is 0 Å². The predicted molar refractivity (Wildman–Crippen MR) is 129 cm³/mol. The van der Waals surface area contributed by atoms with E-state index in [2.05, 4.69) is 41.4 Å². The predicted octanol–water partition coefficient (Wildman–Crippen LogP) is 4.74. The quantitative estimate of drug-likeness (QED) is 0.424. The first kappa shape index (κ1) is 22.7. The summed E-state index contributed by atoms with van der Waals surface area (Å²) in [5.41, 5.74) is 2.67. The van der Waals surface area contributed by atoms with E-state index in [1.165, 1.54) is 16.9 Å². The Kier molecular flexibility index (Phi) is 6.33. The number of nitrogens with zero attached hydrogens (tertiary/aromatic N) is 4. The molecule has 0 spiro atoms. The standard InChI is InChI=1S/C24H27N5O3S/c1-6-20-26-27-23-29(20)28-22(33-23)15-7-12-19(31-5)18(13-15)25-21(30)14-32-17-10-8-16(9-11-17)24(2,3)4/h7-13H,6,14H2,1-5H3,(H,25,30). The zero-order valence-corrected chi connectivity index (χ0v) is 20.2. The van der Waals surface area contributed by atoms with E-state index in [1.807, 2.05) is 43.3 Å². The van der Waals surface area contributed by atoms with Gasteiger partial charge in [-0.2, -0.15) is 9.61 Å². The lowest BCUT2D eigenvalue weighted by molar-refractivity contribution is -0.118.